The van der Waals surface area contributed by atoms with Gasteiger partial charge in [0.25, 0.3) is 5.56 Å². The molecule has 3 heterocycles. The molecule has 3 fully saturated rings. The summed E-state index contributed by atoms with van der Waals surface area (Å²) in [6, 6.07) is 6.95. The van der Waals surface area contributed by atoms with Crippen molar-refractivity contribution in [1.29, 1.82) is 0 Å². The first kappa shape index (κ1) is 27.7. The summed E-state index contributed by atoms with van der Waals surface area (Å²) in [6.07, 6.45) is 11.5. The van der Waals surface area contributed by atoms with Crippen LogP contribution in [0.4, 0.5) is 11.6 Å². The van der Waals surface area contributed by atoms with E-state index >= 15 is 0 Å². The van der Waals surface area contributed by atoms with Crippen molar-refractivity contribution in [3.05, 3.63) is 51.4 Å². The van der Waals surface area contributed by atoms with E-state index in [9.17, 15) is 13.2 Å². The Morgan fingerprint density at radius 2 is 1.73 bits per heavy atom. The van der Waals surface area contributed by atoms with Gasteiger partial charge in [-0.1, -0.05) is 24.4 Å². The van der Waals surface area contributed by atoms with Crippen LogP contribution in [0.15, 0.2) is 40.2 Å². The predicted octanol–water partition coefficient (Wildman–Crippen LogP) is 6.04. The molecular weight excluding hydrogens is 546 g/mol. The molecule has 1 aliphatic heterocycles. The molecule has 0 radical (unpaired) electrons. The number of hydrogen-bond donors (Lipinski definition) is 1. The molecule has 3 aliphatic rings. The number of pyridine rings is 1. The summed E-state index contributed by atoms with van der Waals surface area (Å²) in [5, 5.41) is 3.82. The lowest BCUT2D eigenvalue weighted by molar-refractivity contribution is 0.0816. The summed E-state index contributed by atoms with van der Waals surface area (Å²) >= 11 is 6.26. The van der Waals surface area contributed by atoms with Crippen molar-refractivity contribution in [2.75, 3.05) is 25.5 Å². The van der Waals surface area contributed by atoms with Crippen LogP contribution in [-0.4, -0.2) is 53.2 Å². The normalized spacial score (nSPS) is 20.9. The van der Waals surface area contributed by atoms with E-state index in [1.165, 1.54) is 12.8 Å². The van der Waals surface area contributed by atoms with E-state index in [2.05, 4.69) is 22.2 Å². The molecule has 1 N–H and O–H groups in total. The number of rotatable bonds is 5. The van der Waals surface area contributed by atoms with E-state index in [-0.39, 0.29) is 21.9 Å². The largest absolute Gasteiger partial charge is 0.324 e. The fraction of sp³-hybridized carbons (Fsp3) is 0.567. The number of aryl methyl sites for hydroxylation is 1. The van der Waals surface area contributed by atoms with Crippen molar-refractivity contribution in [3.63, 3.8) is 0 Å². The third-order valence-corrected chi connectivity index (χ3v) is 12.2. The highest BCUT2D eigenvalue weighted by Crippen LogP contribution is 2.46. The number of aromatic nitrogens is 3. The second-order valence-electron chi connectivity index (χ2n) is 12.2. The van der Waals surface area contributed by atoms with Gasteiger partial charge >= 0.3 is 0 Å². The highest BCUT2D eigenvalue weighted by molar-refractivity contribution is 7.92. The van der Waals surface area contributed by atoms with Crippen LogP contribution >= 0.6 is 11.6 Å². The third kappa shape index (κ3) is 5.16. The number of hydrogen-bond acceptors (Lipinski definition) is 7. The predicted molar refractivity (Wildman–Crippen MR) is 159 cm³/mol. The molecule has 0 atom stereocenters. The Labute approximate surface area is 241 Å². The van der Waals surface area contributed by atoms with Gasteiger partial charge in [0, 0.05) is 23.3 Å². The number of anilines is 2. The van der Waals surface area contributed by atoms with Gasteiger partial charge in [0.15, 0.2) is 9.84 Å². The van der Waals surface area contributed by atoms with Crippen molar-refractivity contribution < 1.29 is 8.42 Å². The van der Waals surface area contributed by atoms with E-state index in [1.807, 2.05) is 6.92 Å². The molecule has 6 rings (SSSR count). The molecule has 0 amide bonds. The van der Waals surface area contributed by atoms with Crippen molar-refractivity contribution >= 4 is 44.1 Å². The van der Waals surface area contributed by atoms with E-state index in [1.54, 1.807) is 35.0 Å². The number of likely N-dealkylation sites (tertiary alicyclic amines) is 1. The molecule has 214 valence electrons. The van der Waals surface area contributed by atoms with Gasteiger partial charge in [-0.25, -0.2) is 13.4 Å². The van der Waals surface area contributed by atoms with Crippen LogP contribution in [0.3, 0.4) is 0 Å². The zero-order valence-electron chi connectivity index (χ0n) is 23.3. The fourth-order valence-corrected chi connectivity index (χ4v) is 9.07. The minimum absolute atomic E-state index is 0.0804. The summed E-state index contributed by atoms with van der Waals surface area (Å²) < 4.78 is 28.9. The van der Waals surface area contributed by atoms with Gasteiger partial charge in [0.05, 0.1) is 10.1 Å². The third-order valence-electron chi connectivity index (χ3n) is 9.67. The average Bonchev–Trinajstić information content (AvgIpc) is 3.47. The maximum Gasteiger partial charge on any atom is 0.271 e. The van der Waals surface area contributed by atoms with Crippen molar-refractivity contribution in [2.45, 2.75) is 87.3 Å². The highest BCUT2D eigenvalue weighted by Gasteiger charge is 2.41. The highest BCUT2D eigenvalue weighted by atomic mass is 35.5. The molecule has 10 heteroatoms. The van der Waals surface area contributed by atoms with Crippen molar-refractivity contribution in [3.8, 4) is 0 Å². The first-order valence-corrected chi connectivity index (χ1v) is 16.5. The van der Waals surface area contributed by atoms with E-state index in [0.717, 1.165) is 81.1 Å². The number of fused-ring (bicyclic) bond motifs is 1. The molecule has 8 nitrogen and oxygen atoms in total. The van der Waals surface area contributed by atoms with Crippen LogP contribution in [0.25, 0.3) is 11.0 Å². The summed E-state index contributed by atoms with van der Waals surface area (Å²) in [4.78, 5) is 24.9. The van der Waals surface area contributed by atoms with Gasteiger partial charge in [0.2, 0.25) is 5.95 Å². The lowest BCUT2D eigenvalue weighted by Gasteiger charge is -2.45. The molecule has 0 bridgehead atoms. The molecular formula is C30H38ClN5O3S. The fourth-order valence-electron chi connectivity index (χ4n) is 7.02. The van der Waals surface area contributed by atoms with E-state index in [0.29, 0.717) is 21.9 Å². The SMILES string of the molecule is Cc1cc(S(=O)(=O)C2CCC3(CC2)CCN(C)CC3)ccc1Nc1ncc2cc(Cl)c(=O)n(C3CCCC3)c2n1. The van der Waals surface area contributed by atoms with Gasteiger partial charge in [-0.05, 0) is 114 Å². The van der Waals surface area contributed by atoms with Crippen molar-refractivity contribution in [1.82, 2.24) is 19.4 Å². The molecule has 0 unspecified atom stereocenters. The van der Waals surface area contributed by atoms with Gasteiger partial charge in [-0.15, -0.1) is 0 Å². The van der Waals surface area contributed by atoms with Crippen LogP contribution in [0.5, 0.6) is 0 Å². The number of sulfone groups is 1. The first-order chi connectivity index (χ1) is 19.1. The Kier molecular flexibility index (Phi) is 7.42. The van der Waals surface area contributed by atoms with Gasteiger partial charge < -0.3 is 10.2 Å². The Balaban J connectivity index is 1.21. The molecule has 3 aromatic rings. The Bertz CT molecular complexity index is 1580. The quantitative estimate of drug-likeness (QED) is 0.391. The number of halogens is 1. The Morgan fingerprint density at radius 1 is 1.02 bits per heavy atom. The molecule has 2 saturated carbocycles. The van der Waals surface area contributed by atoms with Crippen LogP contribution in [-0.2, 0) is 9.84 Å². The summed E-state index contributed by atoms with van der Waals surface area (Å²) in [5.74, 6) is 0.357. The zero-order chi connectivity index (χ0) is 28.1. The summed E-state index contributed by atoms with van der Waals surface area (Å²) in [6.45, 7) is 4.11. The minimum atomic E-state index is -3.41. The summed E-state index contributed by atoms with van der Waals surface area (Å²) in [7, 11) is -1.25. The summed E-state index contributed by atoms with van der Waals surface area (Å²) in [5.41, 5.74) is 2.21. The topological polar surface area (TPSA) is 97.2 Å². The molecule has 1 saturated heterocycles. The number of benzene rings is 1. The molecule has 1 spiro atoms. The average molecular weight is 584 g/mol. The zero-order valence-corrected chi connectivity index (χ0v) is 24.9. The maximum absolute atomic E-state index is 13.6. The van der Waals surface area contributed by atoms with Crippen LogP contribution < -0.4 is 10.9 Å². The number of piperidine rings is 1. The molecule has 2 aliphatic carbocycles. The lowest BCUT2D eigenvalue weighted by Crippen LogP contribution is -2.42. The molecule has 1 aromatic carbocycles. The molecule has 40 heavy (non-hydrogen) atoms. The number of nitrogens with one attached hydrogen (secondary N) is 1. The van der Waals surface area contributed by atoms with Crippen molar-refractivity contribution in [2.24, 2.45) is 5.41 Å². The maximum atomic E-state index is 13.6. The van der Waals surface area contributed by atoms with Gasteiger partial charge in [-0.3, -0.25) is 9.36 Å². The van der Waals surface area contributed by atoms with Gasteiger partial charge in [0.1, 0.15) is 10.7 Å². The van der Waals surface area contributed by atoms with E-state index < -0.39 is 9.84 Å². The lowest BCUT2D eigenvalue weighted by atomic mass is 9.68. The van der Waals surface area contributed by atoms with Crippen LogP contribution in [0, 0.1) is 12.3 Å². The molecule has 2 aromatic heterocycles. The smallest absolute Gasteiger partial charge is 0.271 e. The number of nitrogens with zero attached hydrogens (tertiary/aromatic N) is 4. The monoisotopic (exact) mass is 583 g/mol. The van der Waals surface area contributed by atoms with E-state index in [4.69, 9.17) is 16.6 Å². The minimum Gasteiger partial charge on any atom is -0.324 e. The Hall–Kier alpha value is -2.49. The van der Waals surface area contributed by atoms with Crippen LogP contribution in [0.1, 0.15) is 75.8 Å². The first-order valence-electron chi connectivity index (χ1n) is 14.5. The second kappa shape index (κ2) is 10.7. The van der Waals surface area contributed by atoms with Crippen LogP contribution in [0.2, 0.25) is 5.02 Å². The second-order valence-corrected chi connectivity index (χ2v) is 14.9. The van der Waals surface area contributed by atoms with Gasteiger partial charge in [-0.2, -0.15) is 4.98 Å². The standard InChI is InChI=1S/C30H38ClN5O3S/c1-20-17-24(40(38,39)23-9-11-30(12-10-23)13-15-35(2)16-14-30)7-8-26(20)33-29-32-19-21-18-25(31)28(37)36(27(21)34-29)22-5-3-4-6-22/h7-8,17-19,22-23H,3-6,9-16H2,1-2H3,(H,32,33,34). The Morgan fingerprint density at radius 3 is 2.40 bits per heavy atom.